The molecule has 4 unspecified atom stereocenters. The lowest BCUT2D eigenvalue weighted by Gasteiger charge is -2.40. The second kappa shape index (κ2) is 3.25. The molecule has 0 aromatic rings. The maximum absolute atomic E-state index is 11.2. The molecule has 0 amide bonds. The summed E-state index contributed by atoms with van der Waals surface area (Å²) in [7, 11) is 0. The molecular weight excluding hydrogens is 176 g/mol. The van der Waals surface area contributed by atoms with Crippen LogP contribution in [-0.2, 0) is 9.53 Å². The zero-order chi connectivity index (χ0) is 9.54. The minimum absolute atomic E-state index is 0.0543. The Hall–Kier alpha value is -0.530. The van der Waals surface area contributed by atoms with E-state index in [1.807, 2.05) is 0 Å². The van der Waals surface area contributed by atoms with Crippen LogP contribution in [0.5, 0.6) is 0 Å². The average Bonchev–Trinajstić information content (AvgIpc) is 2.53. The Morgan fingerprint density at radius 1 is 1.00 bits per heavy atom. The van der Waals surface area contributed by atoms with E-state index in [1.165, 1.54) is 38.5 Å². The molecule has 0 spiro atoms. The van der Waals surface area contributed by atoms with Gasteiger partial charge in [-0.25, -0.2) is 0 Å². The molecular formula is C12H18O2. The Labute approximate surface area is 85.0 Å². The lowest BCUT2D eigenvalue weighted by molar-refractivity contribution is -0.142. The molecule has 0 radical (unpaired) electrons. The first-order valence-corrected chi connectivity index (χ1v) is 6.02. The molecule has 1 saturated heterocycles. The number of carbonyl (C=O) groups is 1. The van der Waals surface area contributed by atoms with Crippen LogP contribution in [0.15, 0.2) is 0 Å². The maximum atomic E-state index is 11.2. The molecule has 0 N–H and O–H groups in total. The summed E-state index contributed by atoms with van der Waals surface area (Å²) in [5, 5.41) is 0. The van der Waals surface area contributed by atoms with Gasteiger partial charge in [-0.2, -0.15) is 0 Å². The Bertz CT molecular complexity index is 225. The van der Waals surface area contributed by atoms with Crippen LogP contribution < -0.4 is 0 Å². The first-order valence-electron chi connectivity index (χ1n) is 6.02. The summed E-state index contributed by atoms with van der Waals surface area (Å²) < 4.78 is 5.38. The van der Waals surface area contributed by atoms with E-state index in [-0.39, 0.29) is 5.97 Å². The molecule has 2 aliphatic carbocycles. The molecule has 2 heteroatoms. The van der Waals surface area contributed by atoms with Crippen molar-refractivity contribution in [2.45, 2.75) is 51.0 Å². The number of ether oxygens (including phenoxy) is 1. The van der Waals surface area contributed by atoms with Crippen LogP contribution in [-0.4, -0.2) is 12.1 Å². The van der Waals surface area contributed by atoms with E-state index in [4.69, 9.17) is 4.74 Å². The van der Waals surface area contributed by atoms with E-state index in [9.17, 15) is 4.79 Å². The predicted octanol–water partition coefficient (Wildman–Crippen LogP) is 2.52. The lowest BCUT2D eigenvalue weighted by Crippen LogP contribution is -2.34. The zero-order valence-electron chi connectivity index (χ0n) is 8.58. The minimum Gasteiger partial charge on any atom is -0.462 e. The van der Waals surface area contributed by atoms with E-state index in [0.717, 1.165) is 11.8 Å². The molecule has 0 bridgehead atoms. The Morgan fingerprint density at radius 2 is 1.71 bits per heavy atom. The lowest BCUT2D eigenvalue weighted by atomic mass is 9.66. The van der Waals surface area contributed by atoms with Crippen LogP contribution >= 0.6 is 0 Å². The molecule has 1 aliphatic heterocycles. The van der Waals surface area contributed by atoms with Gasteiger partial charge >= 0.3 is 5.97 Å². The van der Waals surface area contributed by atoms with Crippen molar-refractivity contribution in [2.75, 3.05) is 0 Å². The summed E-state index contributed by atoms with van der Waals surface area (Å²) in [5.74, 6) is 2.41. The number of hydrogen-bond acceptors (Lipinski definition) is 2. The molecule has 2 saturated carbocycles. The van der Waals surface area contributed by atoms with E-state index in [2.05, 4.69) is 0 Å². The monoisotopic (exact) mass is 194 g/mol. The van der Waals surface area contributed by atoms with Crippen molar-refractivity contribution in [3.63, 3.8) is 0 Å². The first kappa shape index (κ1) is 8.75. The van der Waals surface area contributed by atoms with Crippen molar-refractivity contribution in [3.05, 3.63) is 0 Å². The molecule has 78 valence electrons. The average molecular weight is 194 g/mol. The van der Waals surface area contributed by atoms with Crippen molar-refractivity contribution in [1.29, 1.82) is 0 Å². The summed E-state index contributed by atoms with van der Waals surface area (Å²) in [4.78, 5) is 11.2. The quantitative estimate of drug-likeness (QED) is 0.554. The molecule has 3 rings (SSSR count). The van der Waals surface area contributed by atoms with Crippen molar-refractivity contribution in [1.82, 2.24) is 0 Å². The van der Waals surface area contributed by atoms with E-state index in [1.54, 1.807) is 0 Å². The van der Waals surface area contributed by atoms with Gasteiger partial charge in [-0.05, 0) is 24.7 Å². The number of rotatable bonds is 0. The van der Waals surface area contributed by atoms with Gasteiger partial charge in [0.05, 0.1) is 6.42 Å². The Kier molecular flexibility index (Phi) is 2.03. The van der Waals surface area contributed by atoms with Crippen molar-refractivity contribution in [3.8, 4) is 0 Å². The van der Waals surface area contributed by atoms with Gasteiger partial charge in [-0.1, -0.05) is 25.7 Å². The summed E-state index contributed by atoms with van der Waals surface area (Å²) in [6.07, 6.45) is 9.02. The van der Waals surface area contributed by atoms with Gasteiger partial charge in [0, 0.05) is 5.92 Å². The van der Waals surface area contributed by atoms with E-state index < -0.39 is 0 Å². The highest BCUT2D eigenvalue weighted by molar-refractivity contribution is 5.72. The molecule has 0 aromatic carbocycles. The number of hydrogen-bond donors (Lipinski definition) is 0. The van der Waals surface area contributed by atoms with Gasteiger partial charge in [0.2, 0.25) is 0 Å². The summed E-state index contributed by atoms with van der Waals surface area (Å²) in [6, 6.07) is 0. The summed E-state index contributed by atoms with van der Waals surface area (Å²) >= 11 is 0. The second-order valence-corrected chi connectivity index (χ2v) is 5.27. The number of esters is 1. The third-order valence-corrected chi connectivity index (χ3v) is 4.44. The highest BCUT2D eigenvalue weighted by Crippen LogP contribution is 2.46. The number of fused-ring (bicyclic) bond motifs is 2. The second-order valence-electron chi connectivity index (χ2n) is 5.27. The predicted molar refractivity (Wildman–Crippen MR) is 52.7 cm³/mol. The van der Waals surface area contributed by atoms with Gasteiger partial charge < -0.3 is 4.74 Å². The summed E-state index contributed by atoms with van der Waals surface area (Å²) in [5.41, 5.74) is 0. The zero-order valence-corrected chi connectivity index (χ0v) is 8.58. The molecule has 3 aliphatic rings. The van der Waals surface area contributed by atoms with Gasteiger partial charge in [0.15, 0.2) is 0 Å². The maximum Gasteiger partial charge on any atom is 0.306 e. The third kappa shape index (κ3) is 1.35. The fourth-order valence-corrected chi connectivity index (χ4v) is 3.73. The number of carbonyl (C=O) groups excluding carboxylic acids is 1. The smallest absolute Gasteiger partial charge is 0.306 e. The van der Waals surface area contributed by atoms with Crippen LogP contribution in [0.3, 0.4) is 0 Å². The molecule has 3 fully saturated rings. The molecule has 2 nitrogen and oxygen atoms in total. The van der Waals surface area contributed by atoms with E-state index in [0.29, 0.717) is 18.4 Å². The minimum atomic E-state index is 0.0543. The first-order chi connectivity index (χ1) is 6.83. The molecule has 4 atom stereocenters. The molecule has 14 heavy (non-hydrogen) atoms. The largest absolute Gasteiger partial charge is 0.462 e. The topological polar surface area (TPSA) is 26.3 Å². The Morgan fingerprint density at radius 3 is 2.50 bits per heavy atom. The van der Waals surface area contributed by atoms with Crippen LogP contribution in [0, 0.1) is 17.8 Å². The summed E-state index contributed by atoms with van der Waals surface area (Å²) in [6.45, 7) is 0. The van der Waals surface area contributed by atoms with Crippen LogP contribution in [0.2, 0.25) is 0 Å². The fourth-order valence-electron chi connectivity index (χ4n) is 3.73. The third-order valence-electron chi connectivity index (χ3n) is 4.44. The van der Waals surface area contributed by atoms with Gasteiger partial charge in [0.1, 0.15) is 6.10 Å². The van der Waals surface area contributed by atoms with Crippen LogP contribution in [0.4, 0.5) is 0 Å². The van der Waals surface area contributed by atoms with Crippen LogP contribution in [0.1, 0.15) is 44.9 Å². The molecule has 1 heterocycles. The molecule has 0 aromatic heterocycles. The van der Waals surface area contributed by atoms with E-state index >= 15 is 0 Å². The normalized spacial score (nSPS) is 46.7. The van der Waals surface area contributed by atoms with Crippen molar-refractivity contribution >= 4 is 5.97 Å². The fraction of sp³-hybridized carbons (Fsp3) is 0.917. The van der Waals surface area contributed by atoms with Crippen molar-refractivity contribution < 1.29 is 9.53 Å². The van der Waals surface area contributed by atoms with Gasteiger partial charge in [0.25, 0.3) is 0 Å². The highest BCUT2D eigenvalue weighted by Gasteiger charge is 2.44. The SMILES string of the molecule is O=C1CC2CC3CCCCC3CC2O1. The standard InChI is InChI=1S/C12H18O2/c13-12-7-10-5-8-3-1-2-4-9(8)6-11(10)14-12/h8-11H,1-7H2. The van der Waals surface area contributed by atoms with Gasteiger partial charge in [-0.15, -0.1) is 0 Å². The van der Waals surface area contributed by atoms with Crippen molar-refractivity contribution in [2.24, 2.45) is 17.8 Å². The van der Waals surface area contributed by atoms with Gasteiger partial charge in [-0.3, -0.25) is 4.79 Å². The Balaban J connectivity index is 1.73. The highest BCUT2D eigenvalue weighted by atomic mass is 16.5. The van der Waals surface area contributed by atoms with Crippen LogP contribution in [0.25, 0.3) is 0 Å².